The van der Waals surface area contributed by atoms with Crippen molar-refractivity contribution >= 4 is 35.8 Å². The number of carbonyl (C=O) groups is 1. The summed E-state index contributed by atoms with van der Waals surface area (Å²) in [6, 6.07) is 6.18. The van der Waals surface area contributed by atoms with E-state index in [9.17, 15) is 14.9 Å². The van der Waals surface area contributed by atoms with Crippen LogP contribution < -0.4 is 10.6 Å². The monoisotopic (exact) mass is 363 g/mol. The van der Waals surface area contributed by atoms with E-state index in [4.69, 9.17) is 4.74 Å². The number of carbonyl (C=O) groups excluding carboxylic acids is 1. The van der Waals surface area contributed by atoms with Gasteiger partial charge in [-0.2, -0.15) is 0 Å². The molecule has 23 heavy (non-hydrogen) atoms. The second kappa shape index (κ2) is 12.1. The number of hydrogen-bond acceptors (Lipinski definition) is 6. The average Bonchev–Trinajstić information content (AvgIpc) is 2.51. The Morgan fingerprint density at radius 3 is 2.52 bits per heavy atom. The number of thioether (sulfide) groups is 1. The molecular weight excluding hydrogens is 342 g/mol. The number of rotatable bonds is 10. The molecule has 1 unspecified atom stereocenters. The second-order valence-electron chi connectivity index (χ2n) is 4.54. The van der Waals surface area contributed by atoms with Gasteiger partial charge in [-0.15, -0.1) is 24.2 Å². The van der Waals surface area contributed by atoms with Crippen LogP contribution in [-0.4, -0.2) is 49.4 Å². The minimum Gasteiger partial charge on any atom is -0.383 e. The van der Waals surface area contributed by atoms with Crippen LogP contribution in [0.25, 0.3) is 0 Å². The molecule has 0 radical (unpaired) electrons. The van der Waals surface area contributed by atoms with Gasteiger partial charge >= 0.3 is 0 Å². The van der Waals surface area contributed by atoms with Gasteiger partial charge in [0.05, 0.1) is 16.8 Å². The third kappa shape index (κ3) is 8.75. The van der Waals surface area contributed by atoms with Gasteiger partial charge in [0.25, 0.3) is 5.69 Å². The van der Waals surface area contributed by atoms with Crippen LogP contribution in [0.5, 0.6) is 0 Å². The lowest BCUT2D eigenvalue weighted by Gasteiger charge is -2.12. The maximum atomic E-state index is 11.9. The van der Waals surface area contributed by atoms with Gasteiger partial charge in [0, 0.05) is 43.8 Å². The lowest BCUT2D eigenvalue weighted by molar-refractivity contribution is -0.384. The van der Waals surface area contributed by atoms with Gasteiger partial charge < -0.3 is 15.4 Å². The number of nitrogens with one attached hydrogen (secondary N) is 2. The molecule has 130 valence electrons. The Bertz CT molecular complexity index is 487. The Morgan fingerprint density at radius 1 is 1.30 bits per heavy atom. The number of nitro groups is 1. The first kappa shape index (κ1) is 21.6. The van der Waals surface area contributed by atoms with Crippen molar-refractivity contribution in [3.8, 4) is 0 Å². The minimum absolute atomic E-state index is 0. The van der Waals surface area contributed by atoms with Crippen LogP contribution in [0, 0.1) is 10.1 Å². The molecule has 1 aromatic rings. The third-order valence-corrected chi connectivity index (χ3v) is 3.93. The molecule has 0 bridgehead atoms. The number of nitro benzene ring substituents is 1. The fourth-order valence-electron chi connectivity index (χ4n) is 1.62. The van der Waals surface area contributed by atoms with Gasteiger partial charge in [0.2, 0.25) is 5.91 Å². The van der Waals surface area contributed by atoms with E-state index < -0.39 is 4.92 Å². The SMILES string of the molecule is COCCNCCNC(=O)C(C)Sc1ccc([N+](=O)[O-])cc1.Cl. The van der Waals surface area contributed by atoms with E-state index in [1.807, 2.05) is 0 Å². The molecule has 0 aliphatic rings. The van der Waals surface area contributed by atoms with E-state index in [0.29, 0.717) is 19.7 Å². The molecule has 1 aromatic carbocycles. The molecular formula is C14H22ClN3O4S. The topological polar surface area (TPSA) is 93.5 Å². The number of benzene rings is 1. The number of nitrogens with zero attached hydrogens (tertiary/aromatic N) is 1. The Hall–Kier alpha value is -1.35. The molecule has 0 heterocycles. The highest BCUT2D eigenvalue weighted by Gasteiger charge is 2.14. The largest absolute Gasteiger partial charge is 0.383 e. The Kier molecular flexibility index (Phi) is 11.4. The fourth-order valence-corrected chi connectivity index (χ4v) is 2.51. The van der Waals surface area contributed by atoms with E-state index >= 15 is 0 Å². The molecule has 1 atom stereocenters. The van der Waals surface area contributed by atoms with Gasteiger partial charge in [-0.1, -0.05) is 0 Å². The Balaban J connectivity index is 0.00000484. The van der Waals surface area contributed by atoms with E-state index in [0.717, 1.165) is 11.4 Å². The van der Waals surface area contributed by atoms with Crippen LogP contribution in [0.4, 0.5) is 5.69 Å². The summed E-state index contributed by atoms with van der Waals surface area (Å²) in [6.45, 7) is 4.43. The van der Waals surface area contributed by atoms with Crippen molar-refractivity contribution in [1.29, 1.82) is 0 Å². The molecule has 7 nitrogen and oxygen atoms in total. The molecule has 1 amide bonds. The van der Waals surface area contributed by atoms with E-state index in [1.165, 1.54) is 23.9 Å². The van der Waals surface area contributed by atoms with Gasteiger partial charge in [-0.05, 0) is 19.1 Å². The van der Waals surface area contributed by atoms with Crippen LogP contribution in [0.3, 0.4) is 0 Å². The lowest BCUT2D eigenvalue weighted by Crippen LogP contribution is -2.36. The number of halogens is 1. The second-order valence-corrected chi connectivity index (χ2v) is 5.96. The first-order chi connectivity index (χ1) is 10.5. The maximum absolute atomic E-state index is 11.9. The summed E-state index contributed by atoms with van der Waals surface area (Å²) >= 11 is 1.37. The molecule has 0 aliphatic carbocycles. The highest BCUT2D eigenvalue weighted by Crippen LogP contribution is 2.25. The highest BCUT2D eigenvalue weighted by atomic mass is 35.5. The molecule has 2 N–H and O–H groups in total. The van der Waals surface area contributed by atoms with E-state index in [1.54, 1.807) is 26.2 Å². The summed E-state index contributed by atoms with van der Waals surface area (Å²) in [7, 11) is 1.64. The number of amides is 1. The van der Waals surface area contributed by atoms with Gasteiger partial charge in [0.1, 0.15) is 0 Å². The Labute approximate surface area is 146 Å². The minimum atomic E-state index is -0.443. The molecule has 0 aromatic heterocycles. The number of ether oxygens (including phenoxy) is 1. The van der Waals surface area contributed by atoms with Crippen molar-refractivity contribution in [3.63, 3.8) is 0 Å². The van der Waals surface area contributed by atoms with E-state index in [2.05, 4.69) is 10.6 Å². The van der Waals surface area contributed by atoms with Gasteiger partial charge in [0.15, 0.2) is 0 Å². The number of non-ortho nitro benzene ring substituents is 1. The van der Waals surface area contributed by atoms with Gasteiger partial charge in [-0.3, -0.25) is 14.9 Å². The number of hydrogen-bond donors (Lipinski definition) is 2. The van der Waals surface area contributed by atoms with Crippen molar-refractivity contribution in [2.75, 3.05) is 33.4 Å². The quantitative estimate of drug-likeness (QED) is 0.285. The summed E-state index contributed by atoms with van der Waals surface area (Å²) in [5, 5.41) is 16.3. The fraction of sp³-hybridized carbons (Fsp3) is 0.500. The smallest absolute Gasteiger partial charge is 0.269 e. The predicted molar refractivity (Wildman–Crippen MR) is 93.4 cm³/mol. The van der Waals surface area contributed by atoms with Crippen molar-refractivity contribution in [2.24, 2.45) is 0 Å². The molecule has 0 spiro atoms. The van der Waals surface area contributed by atoms with Crippen LogP contribution >= 0.6 is 24.2 Å². The first-order valence-electron chi connectivity index (χ1n) is 6.93. The average molecular weight is 364 g/mol. The summed E-state index contributed by atoms with van der Waals surface area (Å²) in [6.07, 6.45) is 0. The summed E-state index contributed by atoms with van der Waals surface area (Å²) in [4.78, 5) is 22.9. The van der Waals surface area contributed by atoms with Crippen LogP contribution in [-0.2, 0) is 9.53 Å². The maximum Gasteiger partial charge on any atom is 0.269 e. The van der Waals surface area contributed by atoms with Crippen LogP contribution in [0.2, 0.25) is 0 Å². The van der Waals surface area contributed by atoms with Crippen molar-refractivity contribution in [1.82, 2.24) is 10.6 Å². The molecule has 1 rings (SSSR count). The molecule has 0 fully saturated rings. The molecule has 0 saturated heterocycles. The van der Waals surface area contributed by atoms with Crippen LogP contribution in [0.15, 0.2) is 29.2 Å². The Morgan fingerprint density at radius 2 is 1.96 bits per heavy atom. The summed E-state index contributed by atoms with van der Waals surface area (Å²) < 4.78 is 4.90. The normalized spacial score (nSPS) is 11.4. The zero-order valence-corrected chi connectivity index (χ0v) is 14.7. The first-order valence-corrected chi connectivity index (χ1v) is 7.81. The molecule has 9 heteroatoms. The van der Waals surface area contributed by atoms with Gasteiger partial charge in [-0.25, -0.2) is 0 Å². The summed E-state index contributed by atoms with van der Waals surface area (Å²) in [5.74, 6) is -0.0584. The predicted octanol–water partition coefficient (Wildman–Crippen LogP) is 1.85. The molecule has 0 saturated carbocycles. The van der Waals surface area contributed by atoms with Crippen molar-refractivity contribution < 1.29 is 14.5 Å². The van der Waals surface area contributed by atoms with Crippen molar-refractivity contribution in [2.45, 2.75) is 17.1 Å². The standard InChI is InChI=1S/C14H21N3O4S.ClH/c1-11(14(18)16-8-7-15-9-10-21-2)22-13-5-3-12(4-6-13)17(19)20;/h3-6,11,15H,7-10H2,1-2H3,(H,16,18);1H. The highest BCUT2D eigenvalue weighted by molar-refractivity contribution is 8.00. The third-order valence-electron chi connectivity index (χ3n) is 2.81. The lowest BCUT2D eigenvalue weighted by atomic mass is 10.3. The zero-order chi connectivity index (χ0) is 16.4. The number of methoxy groups -OCH3 is 1. The van der Waals surface area contributed by atoms with Crippen molar-refractivity contribution in [3.05, 3.63) is 34.4 Å². The van der Waals surface area contributed by atoms with E-state index in [-0.39, 0.29) is 29.3 Å². The molecule has 0 aliphatic heterocycles. The summed E-state index contributed by atoms with van der Waals surface area (Å²) in [5.41, 5.74) is 0.0450. The van der Waals surface area contributed by atoms with Crippen LogP contribution in [0.1, 0.15) is 6.92 Å². The zero-order valence-electron chi connectivity index (χ0n) is 13.1.